The van der Waals surface area contributed by atoms with E-state index in [1.807, 2.05) is 4.90 Å². The number of ether oxygens (including phenoxy) is 1. The molecule has 0 aliphatic carbocycles. The van der Waals surface area contributed by atoms with Gasteiger partial charge in [0.05, 0.1) is 0 Å². The maximum Gasteiger partial charge on any atom is 0.219 e. The molecule has 1 rings (SSSR count). The molecule has 0 aromatic heterocycles. The molecule has 0 radical (unpaired) electrons. The van der Waals surface area contributed by atoms with Gasteiger partial charge in [0, 0.05) is 45.8 Å². The van der Waals surface area contributed by atoms with Crippen LogP contribution in [0.5, 0.6) is 0 Å². The van der Waals surface area contributed by atoms with Gasteiger partial charge >= 0.3 is 0 Å². The van der Waals surface area contributed by atoms with E-state index in [0.717, 1.165) is 58.5 Å². The number of unbranched alkanes of at least 4 members (excludes halogenated alkanes) is 1. The quantitative estimate of drug-likeness (QED) is 0.734. The third-order valence-electron chi connectivity index (χ3n) is 3.26. The first kappa shape index (κ1) is 14.5. The molecule has 4 heteroatoms. The average molecular weight is 242 g/mol. The third-order valence-corrected chi connectivity index (χ3v) is 3.26. The Labute approximate surface area is 105 Å². The molecule has 0 spiro atoms. The Kier molecular flexibility index (Phi) is 7.21. The highest BCUT2D eigenvalue weighted by Crippen LogP contribution is 2.05. The van der Waals surface area contributed by atoms with Gasteiger partial charge in [-0.3, -0.25) is 4.79 Å². The van der Waals surface area contributed by atoms with Crippen LogP contribution in [-0.4, -0.2) is 49.7 Å². The molecule has 1 aliphatic heterocycles. The van der Waals surface area contributed by atoms with Crippen LogP contribution in [0, 0.1) is 0 Å². The molecule has 4 nitrogen and oxygen atoms in total. The summed E-state index contributed by atoms with van der Waals surface area (Å²) in [5, 5.41) is 3.51. The lowest BCUT2D eigenvalue weighted by Crippen LogP contribution is -2.41. The van der Waals surface area contributed by atoms with Crippen molar-refractivity contribution in [2.45, 2.75) is 45.6 Å². The van der Waals surface area contributed by atoms with Crippen LogP contribution in [0.15, 0.2) is 0 Å². The summed E-state index contributed by atoms with van der Waals surface area (Å²) in [6.45, 7) is 8.15. The van der Waals surface area contributed by atoms with E-state index in [4.69, 9.17) is 4.74 Å². The SMILES string of the molecule is CCCCN(CCNC1CCOCC1)C(C)=O. The molecule has 17 heavy (non-hydrogen) atoms. The first-order valence-corrected chi connectivity index (χ1v) is 6.80. The summed E-state index contributed by atoms with van der Waals surface area (Å²) >= 11 is 0. The summed E-state index contributed by atoms with van der Waals surface area (Å²) in [5.41, 5.74) is 0. The molecule has 1 heterocycles. The van der Waals surface area contributed by atoms with Crippen LogP contribution in [0.3, 0.4) is 0 Å². The molecule has 1 N–H and O–H groups in total. The van der Waals surface area contributed by atoms with Gasteiger partial charge in [-0.15, -0.1) is 0 Å². The van der Waals surface area contributed by atoms with Crippen molar-refractivity contribution in [2.24, 2.45) is 0 Å². The number of hydrogen-bond acceptors (Lipinski definition) is 3. The second-order valence-electron chi connectivity index (χ2n) is 4.70. The van der Waals surface area contributed by atoms with Crippen LogP contribution in [0.1, 0.15) is 39.5 Å². The van der Waals surface area contributed by atoms with Crippen LogP contribution < -0.4 is 5.32 Å². The predicted octanol–water partition coefficient (Wildman–Crippen LogP) is 1.40. The largest absolute Gasteiger partial charge is 0.381 e. The summed E-state index contributed by atoms with van der Waals surface area (Å²) in [4.78, 5) is 13.4. The Bertz CT molecular complexity index is 215. The van der Waals surface area contributed by atoms with Crippen molar-refractivity contribution in [1.82, 2.24) is 10.2 Å². The van der Waals surface area contributed by atoms with Gasteiger partial charge in [-0.25, -0.2) is 0 Å². The standard InChI is InChI=1S/C13H26N2O2/c1-3-4-8-15(12(2)16)9-7-14-13-5-10-17-11-6-13/h13-14H,3-11H2,1-2H3. The van der Waals surface area contributed by atoms with Gasteiger partial charge in [0.15, 0.2) is 0 Å². The van der Waals surface area contributed by atoms with E-state index in [1.54, 1.807) is 6.92 Å². The van der Waals surface area contributed by atoms with Crippen molar-refractivity contribution >= 4 is 5.91 Å². The maximum atomic E-state index is 11.4. The molecule has 100 valence electrons. The molecule has 0 aromatic carbocycles. The fourth-order valence-corrected chi connectivity index (χ4v) is 2.08. The zero-order valence-corrected chi connectivity index (χ0v) is 11.2. The number of carbonyl (C=O) groups excluding carboxylic acids is 1. The molecule has 0 bridgehead atoms. The zero-order chi connectivity index (χ0) is 12.5. The highest BCUT2D eigenvalue weighted by molar-refractivity contribution is 5.73. The minimum absolute atomic E-state index is 0.187. The van der Waals surface area contributed by atoms with Gasteiger partial charge in [-0.1, -0.05) is 13.3 Å². The molecule has 1 fully saturated rings. The van der Waals surface area contributed by atoms with E-state index >= 15 is 0 Å². The number of carbonyl (C=O) groups is 1. The molecule has 1 saturated heterocycles. The molecular formula is C13H26N2O2. The summed E-state index contributed by atoms with van der Waals surface area (Å²) in [6.07, 6.45) is 4.41. The van der Waals surface area contributed by atoms with E-state index in [0.29, 0.717) is 6.04 Å². The molecule has 1 aliphatic rings. The van der Waals surface area contributed by atoms with Crippen molar-refractivity contribution < 1.29 is 9.53 Å². The van der Waals surface area contributed by atoms with E-state index in [9.17, 15) is 4.79 Å². The highest BCUT2D eigenvalue weighted by Gasteiger charge is 2.13. The first-order valence-electron chi connectivity index (χ1n) is 6.80. The number of nitrogens with zero attached hydrogens (tertiary/aromatic N) is 1. The topological polar surface area (TPSA) is 41.6 Å². The lowest BCUT2D eigenvalue weighted by molar-refractivity contribution is -0.128. The van der Waals surface area contributed by atoms with Gasteiger partial charge in [0.25, 0.3) is 0 Å². The van der Waals surface area contributed by atoms with E-state index in [1.165, 1.54) is 0 Å². The smallest absolute Gasteiger partial charge is 0.219 e. The van der Waals surface area contributed by atoms with Crippen molar-refractivity contribution in [1.29, 1.82) is 0 Å². The minimum atomic E-state index is 0.187. The van der Waals surface area contributed by atoms with Crippen molar-refractivity contribution in [3.05, 3.63) is 0 Å². The Hall–Kier alpha value is -0.610. The molecule has 1 amide bonds. The van der Waals surface area contributed by atoms with Gasteiger partial charge in [-0.2, -0.15) is 0 Å². The monoisotopic (exact) mass is 242 g/mol. The summed E-state index contributed by atoms with van der Waals surface area (Å²) in [5.74, 6) is 0.187. The first-order chi connectivity index (χ1) is 8.24. The normalized spacial score (nSPS) is 17.1. The molecule has 0 unspecified atom stereocenters. The Morgan fingerprint density at radius 3 is 2.65 bits per heavy atom. The van der Waals surface area contributed by atoms with Crippen LogP contribution in [0.4, 0.5) is 0 Å². The molecule has 0 atom stereocenters. The fraction of sp³-hybridized carbons (Fsp3) is 0.923. The molecule has 0 aromatic rings. The van der Waals surface area contributed by atoms with Gasteiger partial charge < -0.3 is 15.0 Å². The van der Waals surface area contributed by atoms with Crippen LogP contribution >= 0.6 is 0 Å². The maximum absolute atomic E-state index is 11.4. The molecular weight excluding hydrogens is 216 g/mol. The third kappa shape index (κ3) is 6.03. The van der Waals surface area contributed by atoms with Crippen LogP contribution in [-0.2, 0) is 9.53 Å². The second kappa shape index (κ2) is 8.48. The number of hydrogen-bond donors (Lipinski definition) is 1. The van der Waals surface area contributed by atoms with E-state index in [-0.39, 0.29) is 5.91 Å². The van der Waals surface area contributed by atoms with E-state index < -0.39 is 0 Å². The minimum Gasteiger partial charge on any atom is -0.381 e. The Balaban J connectivity index is 2.14. The van der Waals surface area contributed by atoms with Crippen LogP contribution in [0.2, 0.25) is 0 Å². The number of rotatable bonds is 7. The predicted molar refractivity (Wildman–Crippen MR) is 69.0 cm³/mol. The van der Waals surface area contributed by atoms with Gasteiger partial charge in [0.2, 0.25) is 5.91 Å². The number of amides is 1. The summed E-state index contributed by atoms with van der Waals surface area (Å²) in [6, 6.07) is 0.573. The summed E-state index contributed by atoms with van der Waals surface area (Å²) < 4.78 is 5.31. The summed E-state index contributed by atoms with van der Waals surface area (Å²) in [7, 11) is 0. The lowest BCUT2D eigenvalue weighted by atomic mass is 10.1. The highest BCUT2D eigenvalue weighted by atomic mass is 16.5. The van der Waals surface area contributed by atoms with Gasteiger partial charge in [0.1, 0.15) is 0 Å². The number of nitrogens with one attached hydrogen (secondary N) is 1. The van der Waals surface area contributed by atoms with Crippen molar-refractivity contribution in [2.75, 3.05) is 32.8 Å². The lowest BCUT2D eigenvalue weighted by Gasteiger charge is -2.26. The van der Waals surface area contributed by atoms with Gasteiger partial charge in [-0.05, 0) is 19.3 Å². The van der Waals surface area contributed by atoms with E-state index in [2.05, 4.69) is 12.2 Å². The Morgan fingerprint density at radius 1 is 1.35 bits per heavy atom. The van der Waals surface area contributed by atoms with Crippen molar-refractivity contribution in [3.63, 3.8) is 0 Å². The second-order valence-corrected chi connectivity index (χ2v) is 4.70. The van der Waals surface area contributed by atoms with Crippen molar-refractivity contribution in [3.8, 4) is 0 Å². The average Bonchev–Trinajstić information content (AvgIpc) is 2.34. The Morgan fingerprint density at radius 2 is 2.06 bits per heavy atom. The molecule has 0 saturated carbocycles. The fourth-order valence-electron chi connectivity index (χ4n) is 2.08. The zero-order valence-electron chi connectivity index (χ0n) is 11.2. The van der Waals surface area contributed by atoms with Crippen LogP contribution in [0.25, 0.3) is 0 Å².